The summed E-state index contributed by atoms with van der Waals surface area (Å²) >= 11 is 9.25. The van der Waals surface area contributed by atoms with Gasteiger partial charge >= 0.3 is 0 Å². The van der Waals surface area contributed by atoms with Gasteiger partial charge in [-0.3, -0.25) is 0 Å². The van der Waals surface area contributed by atoms with Crippen LogP contribution in [0.4, 0.5) is 0 Å². The molecule has 17 heavy (non-hydrogen) atoms. The molecule has 0 aliphatic carbocycles. The first-order chi connectivity index (χ1) is 8.11. The minimum Gasteiger partial charge on any atom is -0.394 e. The van der Waals surface area contributed by atoms with Crippen LogP contribution in [0.1, 0.15) is 11.9 Å². The van der Waals surface area contributed by atoms with Gasteiger partial charge in [-0.2, -0.15) is 4.98 Å². The summed E-state index contributed by atoms with van der Waals surface area (Å²) in [6.07, 6.45) is 0. The molecule has 1 unspecified atom stereocenters. The Hall–Kier alpha value is -0.950. The molecule has 1 heterocycles. The minimum atomic E-state index is -0.640. The van der Waals surface area contributed by atoms with Gasteiger partial charge in [0.15, 0.2) is 5.82 Å². The predicted molar refractivity (Wildman–Crippen MR) is 66.5 cm³/mol. The Morgan fingerprint density at radius 3 is 2.94 bits per heavy atom. The second-order valence-corrected chi connectivity index (χ2v) is 4.64. The van der Waals surface area contributed by atoms with E-state index < -0.39 is 6.04 Å². The monoisotopic (exact) mass is 317 g/mol. The van der Waals surface area contributed by atoms with E-state index >= 15 is 0 Å². The Morgan fingerprint density at radius 1 is 1.53 bits per heavy atom. The Labute approximate surface area is 111 Å². The van der Waals surface area contributed by atoms with Crippen molar-refractivity contribution in [3.8, 4) is 11.5 Å². The number of nitrogens with zero attached hydrogens (tertiary/aromatic N) is 2. The lowest BCUT2D eigenvalue weighted by molar-refractivity contribution is 0.260. The molecule has 1 aromatic carbocycles. The molecule has 0 amide bonds. The van der Waals surface area contributed by atoms with Crippen molar-refractivity contribution in [2.45, 2.75) is 6.04 Å². The van der Waals surface area contributed by atoms with Crippen molar-refractivity contribution >= 4 is 27.5 Å². The Kier molecular flexibility index (Phi) is 3.78. The first-order valence-corrected chi connectivity index (χ1v) is 5.94. The lowest BCUT2D eigenvalue weighted by Gasteiger charge is -1.99. The van der Waals surface area contributed by atoms with Gasteiger partial charge in [0.05, 0.1) is 17.7 Å². The summed E-state index contributed by atoms with van der Waals surface area (Å²) < 4.78 is 5.83. The molecule has 1 aromatic heterocycles. The Balaban J connectivity index is 2.33. The van der Waals surface area contributed by atoms with Crippen molar-refractivity contribution in [2.24, 2.45) is 5.73 Å². The first-order valence-electron chi connectivity index (χ1n) is 4.77. The normalized spacial score (nSPS) is 12.7. The van der Waals surface area contributed by atoms with E-state index in [-0.39, 0.29) is 12.4 Å². The fraction of sp³-hybridized carbons (Fsp3) is 0.200. The van der Waals surface area contributed by atoms with E-state index in [0.717, 1.165) is 4.47 Å². The number of aliphatic hydroxyl groups excluding tert-OH is 1. The third-order valence-corrected chi connectivity index (χ3v) is 3.37. The van der Waals surface area contributed by atoms with Crippen LogP contribution in [0, 0.1) is 0 Å². The summed E-state index contributed by atoms with van der Waals surface area (Å²) in [5, 5.41) is 13.1. The summed E-state index contributed by atoms with van der Waals surface area (Å²) in [7, 11) is 0. The van der Waals surface area contributed by atoms with Gasteiger partial charge in [0, 0.05) is 10.0 Å². The number of benzene rings is 1. The van der Waals surface area contributed by atoms with Crippen LogP contribution in [0.25, 0.3) is 11.5 Å². The van der Waals surface area contributed by atoms with Crippen LogP contribution < -0.4 is 5.73 Å². The highest BCUT2D eigenvalue weighted by atomic mass is 79.9. The number of hydrogen-bond donors (Lipinski definition) is 2. The highest BCUT2D eigenvalue weighted by Gasteiger charge is 2.14. The van der Waals surface area contributed by atoms with Gasteiger partial charge in [-0.15, -0.1) is 0 Å². The largest absolute Gasteiger partial charge is 0.394 e. The number of aliphatic hydroxyl groups is 1. The van der Waals surface area contributed by atoms with Crippen molar-refractivity contribution in [1.29, 1.82) is 0 Å². The highest BCUT2D eigenvalue weighted by Crippen LogP contribution is 2.28. The van der Waals surface area contributed by atoms with Crippen LogP contribution in [-0.2, 0) is 0 Å². The molecular weight excluding hydrogens is 309 g/mol. The first kappa shape index (κ1) is 12.5. The van der Waals surface area contributed by atoms with E-state index in [1.54, 1.807) is 18.2 Å². The molecule has 1 atom stereocenters. The zero-order chi connectivity index (χ0) is 12.4. The quantitative estimate of drug-likeness (QED) is 0.905. The molecule has 5 nitrogen and oxygen atoms in total. The molecule has 0 fully saturated rings. The van der Waals surface area contributed by atoms with E-state index in [2.05, 4.69) is 26.1 Å². The lowest BCUT2D eigenvalue weighted by atomic mass is 10.2. The fourth-order valence-electron chi connectivity index (χ4n) is 1.21. The van der Waals surface area contributed by atoms with Crippen molar-refractivity contribution in [1.82, 2.24) is 10.1 Å². The fourth-order valence-corrected chi connectivity index (χ4v) is 1.64. The van der Waals surface area contributed by atoms with Gasteiger partial charge < -0.3 is 15.4 Å². The average molecular weight is 319 g/mol. The number of rotatable bonds is 3. The molecule has 90 valence electrons. The third-order valence-electron chi connectivity index (χ3n) is 2.14. The summed E-state index contributed by atoms with van der Waals surface area (Å²) in [5.41, 5.74) is 6.27. The van der Waals surface area contributed by atoms with E-state index in [0.29, 0.717) is 16.5 Å². The maximum atomic E-state index is 8.87. The summed E-state index contributed by atoms with van der Waals surface area (Å²) in [5.74, 6) is 0.583. The summed E-state index contributed by atoms with van der Waals surface area (Å²) in [6, 6.07) is 4.64. The topological polar surface area (TPSA) is 85.2 Å². The Morgan fingerprint density at radius 2 is 2.29 bits per heavy atom. The molecule has 0 aliphatic rings. The molecule has 0 saturated carbocycles. The van der Waals surface area contributed by atoms with Crippen LogP contribution in [0.2, 0.25) is 5.02 Å². The van der Waals surface area contributed by atoms with Crippen LogP contribution in [0.5, 0.6) is 0 Å². The van der Waals surface area contributed by atoms with E-state index in [1.165, 1.54) is 0 Å². The zero-order valence-electron chi connectivity index (χ0n) is 8.60. The minimum absolute atomic E-state index is 0.236. The van der Waals surface area contributed by atoms with Crippen molar-refractivity contribution < 1.29 is 9.63 Å². The second kappa shape index (κ2) is 5.14. The molecule has 2 aromatic rings. The van der Waals surface area contributed by atoms with Gasteiger partial charge in [0.25, 0.3) is 5.89 Å². The van der Waals surface area contributed by atoms with E-state index in [9.17, 15) is 0 Å². The van der Waals surface area contributed by atoms with E-state index in [4.69, 9.17) is 27.0 Å². The lowest BCUT2D eigenvalue weighted by Crippen LogP contribution is -2.15. The standard InChI is InChI=1S/C10H9BrClN3O2/c11-6-2-1-5(3-7(6)12)10-14-9(15-17-10)8(13)4-16/h1-3,8,16H,4,13H2. The van der Waals surface area contributed by atoms with Gasteiger partial charge in [0.2, 0.25) is 0 Å². The number of halogens is 2. The van der Waals surface area contributed by atoms with E-state index in [1.807, 2.05) is 0 Å². The van der Waals surface area contributed by atoms with Crippen molar-refractivity contribution in [3.05, 3.63) is 33.5 Å². The molecule has 0 saturated heterocycles. The highest BCUT2D eigenvalue weighted by molar-refractivity contribution is 9.10. The van der Waals surface area contributed by atoms with Gasteiger partial charge in [-0.1, -0.05) is 16.8 Å². The van der Waals surface area contributed by atoms with Crippen LogP contribution in [0.15, 0.2) is 27.2 Å². The SMILES string of the molecule is NC(CO)c1noc(-c2ccc(Br)c(Cl)c2)n1. The van der Waals surface area contributed by atoms with Gasteiger partial charge in [-0.05, 0) is 34.1 Å². The van der Waals surface area contributed by atoms with Crippen molar-refractivity contribution in [2.75, 3.05) is 6.61 Å². The van der Waals surface area contributed by atoms with Crippen molar-refractivity contribution in [3.63, 3.8) is 0 Å². The number of hydrogen-bond acceptors (Lipinski definition) is 5. The van der Waals surface area contributed by atoms with Crippen LogP contribution in [0.3, 0.4) is 0 Å². The second-order valence-electron chi connectivity index (χ2n) is 3.38. The Bertz CT molecular complexity index is 532. The smallest absolute Gasteiger partial charge is 0.258 e. The maximum Gasteiger partial charge on any atom is 0.258 e. The summed E-state index contributed by atoms with van der Waals surface area (Å²) in [6.45, 7) is -0.236. The maximum absolute atomic E-state index is 8.87. The van der Waals surface area contributed by atoms with Gasteiger partial charge in [-0.25, -0.2) is 0 Å². The molecule has 0 spiro atoms. The molecule has 0 radical (unpaired) electrons. The predicted octanol–water partition coefficient (Wildman–Crippen LogP) is 2.14. The molecule has 0 bridgehead atoms. The zero-order valence-corrected chi connectivity index (χ0v) is 10.9. The summed E-state index contributed by atoms with van der Waals surface area (Å²) in [4.78, 5) is 4.09. The molecule has 3 N–H and O–H groups in total. The molecular formula is C10H9BrClN3O2. The van der Waals surface area contributed by atoms with Gasteiger partial charge in [0.1, 0.15) is 0 Å². The molecule has 0 aliphatic heterocycles. The molecule has 7 heteroatoms. The van der Waals surface area contributed by atoms with Crippen LogP contribution >= 0.6 is 27.5 Å². The average Bonchev–Trinajstić information content (AvgIpc) is 2.81. The third kappa shape index (κ3) is 2.66. The molecule has 2 rings (SSSR count). The number of nitrogens with two attached hydrogens (primary N) is 1. The van der Waals surface area contributed by atoms with Crippen LogP contribution in [-0.4, -0.2) is 21.9 Å². The number of aromatic nitrogens is 2.